The van der Waals surface area contributed by atoms with Gasteiger partial charge in [-0.1, -0.05) is 0 Å². The molecule has 0 aromatic carbocycles. The van der Waals surface area contributed by atoms with Gasteiger partial charge in [0.2, 0.25) is 5.82 Å². The molecule has 6 rings (SSSR count). The molecule has 11 heteroatoms. The number of halogens is 3. The summed E-state index contributed by atoms with van der Waals surface area (Å²) in [5.74, 6) is 1.10. The highest BCUT2D eigenvalue weighted by atomic mass is 32.2. The van der Waals surface area contributed by atoms with Gasteiger partial charge in [0.1, 0.15) is 5.69 Å². The summed E-state index contributed by atoms with van der Waals surface area (Å²) in [5.41, 5.74) is 1.77. The van der Waals surface area contributed by atoms with E-state index < -0.39 is 21.8 Å². The lowest BCUT2D eigenvalue weighted by molar-refractivity contribution is -0.144. The predicted molar refractivity (Wildman–Crippen MR) is 123 cm³/mol. The van der Waals surface area contributed by atoms with Crippen molar-refractivity contribution >= 4 is 9.84 Å². The Morgan fingerprint density at radius 3 is 2.31 bits per heavy atom. The number of alkyl halides is 3. The van der Waals surface area contributed by atoms with Crippen LogP contribution < -0.4 is 0 Å². The van der Waals surface area contributed by atoms with Crippen LogP contribution in [-0.2, 0) is 16.0 Å². The van der Waals surface area contributed by atoms with Gasteiger partial charge in [-0.3, -0.25) is 4.68 Å². The van der Waals surface area contributed by atoms with Crippen molar-refractivity contribution in [1.29, 1.82) is 0 Å². The summed E-state index contributed by atoms with van der Waals surface area (Å²) in [5, 5.41) is 4.64. The first kappa shape index (κ1) is 23.4. The Morgan fingerprint density at radius 2 is 1.74 bits per heavy atom. The first-order valence-corrected chi connectivity index (χ1v) is 14.2. The first-order chi connectivity index (χ1) is 16.4. The Morgan fingerprint density at radius 1 is 1.09 bits per heavy atom. The van der Waals surface area contributed by atoms with Gasteiger partial charge < -0.3 is 4.90 Å². The molecule has 2 saturated heterocycles. The van der Waals surface area contributed by atoms with E-state index in [0.29, 0.717) is 41.0 Å². The zero-order valence-electron chi connectivity index (χ0n) is 19.9. The maximum Gasteiger partial charge on any atom is 0.451 e. The molecule has 2 aliphatic carbocycles. The fraction of sp³-hybridized carbons (Fsp3) is 0.708. The van der Waals surface area contributed by atoms with E-state index in [9.17, 15) is 21.6 Å². The van der Waals surface area contributed by atoms with Crippen LogP contribution in [0.2, 0.25) is 0 Å². The molecule has 0 amide bonds. The summed E-state index contributed by atoms with van der Waals surface area (Å²) in [6, 6.07) is 4.03. The first-order valence-electron chi connectivity index (χ1n) is 12.4. The van der Waals surface area contributed by atoms with Crippen molar-refractivity contribution in [2.24, 2.45) is 17.3 Å². The third kappa shape index (κ3) is 4.08. The van der Waals surface area contributed by atoms with Crippen molar-refractivity contribution in [2.45, 2.75) is 63.7 Å². The molecule has 1 spiro atoms. The van der Waals surface area contributed by atoms with E-state index in [1.807, 2.05) is 24.6 Å². The molecule has 4 aliphatic rings. The van der Waals surface area contributed by atoms with Crippen LogP contribution >= 0.6 is 0 Å². The predicted octanol–water partition coefficient (Wildman–Crippen LogP) is 3.94. The van der Waals surface area contributed by atoms with E-state index in [4.69, 9.17) is 0 Å². The summed E-state index contributed by atoms with van der Waals surface area (Å²) in [7, 11) is -2.80. The number of rotatable bonds is 4. The smallest absolute Gasteiger partial charge is 0.300 e. The summed E-state index contributed by atoms with van der Waals surface area (Å²) in [6.45, 7) is 6.03. The number of aromatic nitrogens is 4. The second-order valence-electron chi connectivity index (χ2n) is 11.3. The van der Waals surface area contributed by atoms with Gasteiger partial charge in [0.25, 0.3) is 0 Å². The lowest BCUT2D eigenvalue weighted by Crippen LogP contribution is -2.55. The molecule has 35 heavy (non-hydrogen) atoms. The summed E-state index contributed by atoms with van der Waals surface area (Å²) in [4.78, 5) is 9.66. The summed E-state index contributed by atoms with van der Waals surface area (Å²) in [6.07, 6.45) is 0.726. The summed E-state index contributed by atoms with van der Waals surface area (Å²) < 4.78 is 64.6. The Hall–Kier alpha value is -2.01. The van der Waals surface area contributed by atoms with Crippen LogP contribution in [0.1, 0.15) is 63.0 Å². The van der Waals surface area contributed by atoms with E-state index in [1.54, 1.807) is 0 Å². The van der Waals surface area contributed by atoms with Crippen LogP contribution in [0, 0.1) is 17.3 Å². The van der Waals surface area contributed by atoms with Crippen LogP contribution in [0.5, 0.6) is 0 Å². The Labute approximate surface area is 203 Å². The van der Waals surface area contributed by atoms with Crippen LogP contribution in [0.4, 0.5) is 13.2 Å². The second-order valence-corrected chi connectivity index (χ2v) is 13.4. The maximum absolute atomic E-state index is 13.1. The van der Waals surface area contributed by atoms with Gasteiger partial charge in [-0.2, -0.15) is 18.3 Å². The van der Waals surface area contributed by atoms with E-state index >= 15 is 0 Å². The normalized spacial score (nSPS) is 31.5. The molecule has 7 nitrogen and oxygen atoms in total. The maximum atomic E-state index is 13.1. The number of nitrogens with zero attached hydrogens (tertiary/aromatic N) is 5. The molecular formula is C24H30F3N5O2S. The highest BCUT2D eigenvalue weighted by Crippen LogP contribution is 2.64. The number of hydrogen-bond acceptors (Lipinski definition) is 6. The zero-order valence-corrected chi connectivity index (χ0v) is 20.7. The number of hydrogen-bond donors (Lipinski definition) is 0. The van der Waals surface area contributed by atoms with Gasteiger partial charge in [-0.05, 0) is 76.6 Å². The molecule has 0 radical (unpaired) electrons. The Balaban J connectivity index is 1.14. The number of fused-ring (bicyclic) bond motifs is 1. The average molecular weight is 510 g/mol. The molecule has 190 valence electrons. The number of sulfone groups is 1. The van der Waals surface area contributed by atoms with Crippen molar-refractivity contribution in [3.8, 4) is 11.4 Å². The highest BCUT2D eigenvalue weighted by Gasteiger charge is 2.59. The minimum Gasteiger partial charge on any atom is -0.300 e. The highest BCUT2D eigenvalue weighted by molar-refractivity contribution is 7.92. The molecule has 4 heterocycles. The third-order valence-electron chi connectivity index (χ3n) is 8.61. The van der Waals surface area contributed by atoms with Gasteiger partial charge in [0, 0.05) is 35.3 Å². The van der Waals surface area contributed by atoms with Gasteiger partial charge in [-0.25, -0.2) is 18.4 Å². The average Bonchev–Trinajstić information content (AvgIpc) is 3.13. The minimum absolute atomic E-state index is 0.0343. The lowest BCUT2D eigenvalue weighted by Gasteiger charge is -2.48. The topological polar surface area (TPSA) is 81.0 Å². The fourth-order valence-electron chi connectivity index (χ4n) is 6.93. The molecule has 4 fully saturated rings. The van der Waals surface area contributed by atoms with Crippen molar-refractivity contribution in [3.05, 3.63) is 29.8 Å². The minimum atomic E-state index is -4.59. The van der Waals surface area contributed by atoms with Crippen molar-refractivity contribution in [3.63, 3.8) is 0 Å². The van der Waals surface area contributed by atoms with E-state index in [2.05, 4.69) is 20.0 Å². The third-order valence-corrected chi connectivity index (χ3v) is 10.7. The molecule has 2 aromatic heterocycles. The summed E-state index contributed by atoms with van der Waals surface area (Å²) >= 11 is 0. The molecule has 0 N–H and O–H groups in total. The SMILES string of the molecule is CC(C)n1nc(-c2ccnc(C(F)(F)F)n2)cc1[C@H]1[C@@H]2C[C@H](N3CCC4(CC3)CS(=O)(=O)C4)C[C@@H]21. The van der Waals surface area contributed by atoms with Gasteiger partial charge in [0.15, 0.2) is 9.84 Å². The van der Waals surface area contributed by atoms with E-state index in [-0.39, 0.29) is 17.2 Å². The second kappa shape index (κ2) is 7.74. The Bertz CT molecular complexity index is 1220. The van der Waals surface area contributed by atoms with E-state index in [1.165, 1.54) is 6.07 Å². The molecule has 2 aliphatic heterocycles. The molecule has 2 aromatic rings. The molecule has 4 atom stereocenters. The quantitative estimate of drug-likeness (QED) is 0.621. The van der Waals surface area contributed by atoms with Crippen molar-refractivity contribution in [1.82, 2.24) is 24.6 Å². The monoisotopic (exact) mass is 509 g/mol. The van der Waals surface area contributed by atoms with Gasteiger partial charge >= 0.3 is 6.18 Å². The van der Waals surface area contributed by atoms with Gasteiger partial charge in [-0.15, -0.1) is 0 Å². The largest absolute Gasteiger partial charge is 0.451 e. The number of likely N-dealkylation sites (tertiary alicyclic amines) is 1. The fourth-order valence-corrected chi connectivity index (χ4v) is 9.29. The number of piperidine rings is 1. The van der Waals surface area contributed by atoms with Crippen molar-refractivity contribution in [2.75, 3.05) is 24.6 Å². The van der Waals surface area contributed by atoms with Crippen LogP contribution in [0.25, 0.3) is 11.4 Å². The molecule has 0 unspecified atom stereocenters. The molecule has 0 bridgehead atoms. The Kier molecular flexibility index (Phi) is 5.18. The molecular weight excluding hydrogens is 479 g/mol. The zero-order chi connectivity index (χ0) is 24.8. The van der Waals surface area contributed by atoms with E-state index in [0.717, 1.165) is 50.7 Å². The van der Waals surface area contributed by atoms with Crippen LogP contribution in [-0.4, -0.2) is 63.7 Å². The van der Waals surface area contributed by atoms with Crippen LogP contribution in [0.15, 0.2) is 18.3 Å². The van der Waals surface area contributed by atoms with Gasteiger partial charge in [0.05, 0.1) is 17.2 Å². The van der Waals surface area contributed by atoms with Crippen molar-refractivity contribution < 1.29 is 21.6 Å². The molecule has 2 saturated carbocycles. The standard InChI is InChI=1S/C24H30F3N5O2S/c1-14(2)32-20(11-19(30-32)18-3-6-28-22(29-18)24(25,26)27)21-16-9-15(10-17(16)21)31-7-4-23(5-8-31)12-35(33,34)13-23/h3,6,11,14-17,21H,4-5,7-10,12-13H2,1-2H3/t15-,16+,17-,21-. The lowest BCUT2D eigenvalue weighted by atomic mass is 9.80. The van der Waals surface area contributed by atoms with Crippen LogP contribution in [0.3, 0.4) is 0 Å².